The van der Waals surface area contributed by atoms with E-state index in [0.29, 0.717) is 6.04 Å². The Morgan fingerprint density at radius 1 is 1.00 bits per heavy atom. The van der Waals surface area contributed by atoms with Crippen molar-refractivity contribution in [2.45, 2.75) is 64.5 Å². The minimum atomic E-state index is 0.572. The van der Waals surface area contributed by atoms with Crippen molar-refractivity contribution in [1.29, 1.82) is 0 Å². The average molecular weight is 363 g/mol. The van der Waals surface area contributed by atoms with E-state index in [9.17, 15) is 0 Å². The summed E-state index contributed by atoms with van der Waals surface area (Å²) in [4.78, 5) is 15.0. The van der Waals surface area contributed by atoms with E-state index in [2.05, 4.69) is 41.0 Å². The lowest BCUT2D eigenvalue weighted by molar-refractivity contribution is 0.221. The van der Waals surface area contributed by atoms with Gasteiger partial charge in [-0.2, -0.15) is 0 Å². The molecule has 0 saturated carbocycles. The van der Waals surface area contributed by atoms with Crippen molar-refractivity contribution in [3.05, 3.63) is 41.1 Å². The maximum atomic E-state index is 5.08. The Morgan fingerprint density at radius 2 is 1.89 bits per heavy atom. The largest absolute Gasteiger partial charge is 0.338 e. The van der Waals surface area contributed by atoms with Gasteiger partial charge in [0.15, 0.2) is 0 Å². The summed E-state index contributed by atoms with van der Waals surface area (Å²) in [6.45, 7) is 6.92. The van der Waals surface area contributed by atoms with Gasteiger partial charge in [0, 0.05) is 36.0 Å². The molecule has 1 aliphatic carbocycles. The fourth-order valence-electron chi connectivity index (χ4n) is 4.79. The molecule has 2 aliphatic heterocycles. The van der Waals surface area contributed by atoms with Gasteiger partial charge < -0.3 is 4.90 Å². The maximum Gasteiger partial charge on any atom is 0.226 e. The number of anilines is 1. The van der Waals surface area contributed by atoms with E-state index in [0.717, 1.165) is 31.9 Å². The SMILES string of the molecule is C[C@H]1CCN1c1nc2c(c(-c3cccc(CN4CCCCC4)c3)n1)CCC2. The summed E-state index contributed by atoms with van der Waals surface area (Å²) in [6, 6.07) is 9.67. The number of hydrogen-bond acceptors (Lipinski definition) is 4. The lowest BCUT2D eigenvalue weighted by Crippen LogP contribution is -2.46. The molecule has 4 nitrogen and oxygen atoms in total. The quantitative estimate of drug-likeness (QED) is 0.815. The Morgan fingerprint density at radius 3 is 2.67 bits per heavy atom. The lowest BCUT2D eigenvalue weighted by Gasteiger charge is -2.39. The van der Waals surface area contributed by atoms with E-state index < -0.39 is 0 Å². The molecule has 27 heavy (non-hydrogen) atoms. The maximum absolute atomic E-state index is 5.08. The molecule has 5 rings (SSSR count). The second kappa shape index (κ2) is 7.23. The van der Waals surface area contributed by atoms with Gasteiger partial charge in [-0.25, -0.2) is 9.97 Å². The van der Waals surface area contributed by atoms with Crippen LogP contribution in [-0.2, 0) is 19.4 Å². The van der Waals surface area contributed by atoms with Crippen LogP contribution < -0.4 is 4.90 Å². The van der Waals surface area contributed by atoms with Gasteiger partial charge in [0.05, 0.1) is 5.69 Å². The third-order valence-electron chi connectivity index (χ3n) is 6.55. The van der Waals surface area contributed by atoms with Crippen molar-refractivity contribution < 1.29 is 0 Å². The molecule has 4 heteroatoms. The molecule has 2 saturated heterocycles. The van der Waals surface area contributed by atoms with Crippen LogP contribution in [0.15, 0.2) is 24.3 Å². The Bertz CT molecular complexity index is 825. The van der Waals surface area contributed by atoms with Crippen molar-refractivity contribution in [2.24, 2.45) is 0 Å². The van der Waals surface area contributed by atoms with Crippen LogP contribution in [0.25, 0.3) is 11.3 Å². The molecule has 0 N–H and O–H groups in total. The minimum absolute atomic E-state index is 0.572. The van der Waals surface area contributed by atoms with Crippen molar-refractivity contribution in [2.75, 3.05) is 24.5 Å². The molecule has 0 bridgehead atoms. The van der Waals surface area contributed by atoms with Gasteiger partial charge in [0.2, 0.25) is 5.95 Å². The Balaban J connectivity index is 1.47. The summed E-state index contributed by atoms with van der Waals surface area (Å²) >= 11 is 0. The molecule has 142 valence electrons. The van der Waals surface area contributed by atoms with Crippen LogP contribution in [0, 0.1) is 0 Å². The number of nitrogens with zero attached hydrogens (tertiary/aromatic N) is 4. The van der Waals surface area contributed by atoms with Crippen molar-refractivity contribution in [1.82, 2.24) is 14.9 Å². The Kier molecular flexibility index (Phi) is 4.60. The molecule has 2 fully saturated rings. The smallest absolute Gasteiger partial charge is 0.226 e. The summed E-state index contributed by atoms with van der Waals surface area (Å²) < 4.78 is 0. The highest BCUT2D eigenvalue weighted by Gasteiger charge is 2.29. The van der Waals surface area contributed by atoms with Gasteiger partial charge in [-0.05, 0) is 70.2 Å². The van der Waals surface area contributed by atoms with Crippen molar-refractivity contribution in [3.8, 4) is 11.3 Å². The number of piperidine rings is 1. The van der Waals surface area contributed by atoms with Crippen LogP contribution >= 0.6 is 0 Å². The van der Waals surface area contributed by atoms with Crippen LogP contribution in [0.5, 0.6) is 0 Å². The number of aryl methyl sites for hydroxylation is 1. The minimum Gasteiger partial charge on any atom is -0.338 e. The Labute approximate surface area is 162 Å². The van der Waals surface area contributed by atoms with E-state index in [-0.39, 0.29) is 0 Å². The fraction of sp³-hybridized carbons (Fsp3) is 0.565. The zero-order chi connectivity index (χ0) is 18.2. The van der Waals surface area contributed by atoms with E-state index in [1.807, 2.05) is 0 Å². The summed E-state index contributed by atoms with van der Waals surface area (Å²) in [5.74, 6) is 0.950. The molecule has 3 aliphatic rings. The van der Waals surface area contributed by atoms with Crippen LogP contribution in [0.1, 0.15) is 55.8 Å². The number of benzene rings is 1. The fourth-order valence-corrected chi connectivity index (χ4v) is 4.79. The van der Waals surface area contributed by atoms with Gasteiger partial charge in [-0.15, -0.1) is 0 Å². The number of aromatic nitrogens is 2. The number of fused-ring (bicyclic) bond motifs is 1. The molecular formula is C23H30N4. The van der Waals surface area contributed by atoms with Gasteiger partial charge in [0.1, 0.15) is 0 Å². The van der Waals surface area contributed by atoms with Gasteiger partial charge in [0.25, 0.3) is 0 Å². The van der Waals surface area contributed by atoms with Crippen LogP contribution in [0.2, 0.25) is 0 Å². The second-order valence-electron chi connectivity index (χ2n) is 8.52. The first-order valence-electron chi connectivity index (χ1n) is 10.8. The standard InChI is InChI=1S/C23H30N4/c1-17-11-14-27(17)23-24-21-10-6-9-20(21)22(25-23)19-8-5-7-18(15-19)16-26-12-3-2-4-13-26/h5,7-8,15,17H,2-4,6,9-14,16H2,1H3/t17-/m0/s1. The molecule has 0 amide bonds. The predicted molar refractivity (Wildman–Crippen MR) is 110 cm³/mol. The highest BCUT2D eigenvalue weighted by Crippen LogP contribution is 2.34. The molecule has 2 aromatic rings. The zero-order valence-electron chi connectivity index (χ0n) is 16.5. The van der Waals surface area contributed by atoms with Gasteiger partial charge >= 0.3 is 0 Å². The molecular weight excluding hydrogens is 332 g/mol. The first kappa shape index (κ1) is 17.2. The molecule has 3 heterocycles. The third-order valence-corrected chi connectivity index (χ3v) is 6.55. The van der Waals surface area contributed by atoms with E-state index in [4.69, 9.17) is 9.97 Å². The molecule has 0 radical (unpaired) electrons. The first-order valence-corrected chi connectivity index (χ1v) is 10.8. The van der Waals surface area contributed by atoms with E-state index >= 15 is 0 Å². The summed E-state index contributed by atoms with van der Waals surface area (Å²) in [6.07, 6.45) is 8.77. The van der Waals surface area contributed by atoms with Crippen LogP contribution in [-0.4, -0.2) is 40.5 Å². The number of rotatable bonds is 4. The Hall–Kier alpha value is -1.94. The molecule has 0 unspecified atom stereocenters. The summed E-state index contributed by atoms with van der Waals surface area (Å²) in [5.41, 5.74) is 6.56. The zero-order valence-corrected chi connectivity index (χ0v) is 16.5. The van der Waals surface area contributed by atoms with Crippen LogP contribution in [0.4, 0.5) is 5.95 Å². The first-order chi connectivity index (χ1) is 13.3. The molecule has 1 aromatic carbocycles. The highest BCUT2D eigenvalue weighted by molar-refractivity contribution is 5.67. The summed E-state index contributed by atoms with van der Waals surface area (Å²) in [5, 5.41) is 0. The average Bonchev–Trinajstić information content (AvgIpc) is 3.16. The topological polar surface area (TPSA) is 32.3 Å². The predicted octanol–water partition coefficient (Wildman–Crippen LogP) is 4.22. The van der Waals surface area contributed by atoms with E-state index in [1.165, 1.54) is 73.3 Å². The van der Waals surface area contributed by atoms with Crippen molar-refractivity contribution in [3.63, 3.8) is 0 Å². The van der Waals surface area contributed by atoms with Crippen molar-refractivity contribution >= 4 is 5.95 Å². The van der Waals surface area contributed by atoms with Gasteiger partial charge in [-0.3, -0.25) is 4.90 Å². The van der Waals surface area contributed by atoms with E-state index in [1.54, 1.807) is 0 Å². The summed E-state index contributed by atoms with van der Waals surface area (Å²) in [7, 11) is 0. The highest BCUT2D eigenvalue weighted by atomic mass is 15.3. The monoisotopic (exact) mass is 362 g/mol. The van der Waals surface area contributed by atoms with Crippen LogP contribution in [0.3, 0.4) is 0 Å². The molecule has 1 atom stereocenters. The molecule has 1 aromatic heterocycles. The number of likely N-dealkylation sites (tertiary alicyclic amines) is 1. The number of hydrogen-bond donors (Lipinski definition) is 0. The third kappa shape index (κ3) is 3.36. The lowest BCUT2D eigenvalue weighted by atomic mass is 10.0. The normalized spacial score (nSPS) is 22.6. The van der Waals surface area contributed by atoms with Gasteiger partial charge in [-0.1, -0.05) is 24.6 Å². The second-order valence-corrected chi connectivity index (χ2v) is 8.52. The molecule has 0 spiro atoms.